The third-order valence-corrected chi connectivity index (χ3v) is 3.78. The largest absolute Gasteiger partial charge is 0.454 e. The average Bonchev–Trinajstić information content (AvgIpc) is 3.14. The highest BCUT2D eigenvalue weighted by Gasteiger charge is 2.21. The van der Waals surface area contributed by atoms with Crippen LogP contribution in [0.5, 0.6) is 11.5 Å². The number of nitrogens with zero attached hydrogens (tertiary/aromatic N) is 4. The van der Waals surface area contributed by atoms with Crippen molar-refractivity contribution in [1.82, 2.24) is 19.7 Å². The lowest BCUT2D eigenvalue weighted by atomic mass is 10.1. The van der Waals surface area contributed by atoms with Crippen LogP contribution in [0, 0.1) is 0 Å². The first-order valence-electron chi connectivity index (χ1n) is 6.81. The van der Waals surface area contributed by atoms with Crippen molar-refractivity contribution >= 4 is 5.78 Å². The third kappa shape index (κ3) is 2.25. The molecule has 7 heteroatoms. The van der Waals surface area contributed by atoms with Gasteiger partial charge in [-0.1, -0.05) is 0 Å². The zero-order chi connectivity index (χ0) is 14.2. The van der Waals surface area contributed by atoms with Crippen LogP contribution < -0.4 is 9.47 Å². The fraction of sp³-hybridized carbons (Fsp3) is 0.357. The van der Waals surface area contributed by atoms with Crippen LogP contribution in [0.2, 0.25) is 0 Å². The first-order valence-corrected chi connectivity index (χ1v) is 6.81. The first kappa shape index (κ1) is 12.3. The van der Waals surface area contributed by atoms with E-state index in [0.29, 0.717) is 30.2 Å². The Bertz CT molecular complexity index is 697. The molecule has 21 heavy (non-hydrogen) atoms. The van der Waals surface area contributed by atoms with Crippen LogP contribution in [0.4, 0.5) is 0 Å². The lowest BCUT2D eigenvalue weighted by molar-refractivity contribution is 0.0907. The minimum absolute atomic E-state index is 0.0706. The van der Waals surface area contributed by atoms with Crippen molar-refractivity contribution in [3.8, 4) is 11.5 Å². The SMILES string of the molecule is O=C(CN1CCn2cnnc2C1)c1ccc2c(c1)OCO2. The maximum atomic E-state index is 12.4. The Balaban J connectivity index is 1.47. The van der Waals surface area contributed by atoms with E-state index in [4.69, 9.17) is 9.47 Å². The zero-order valence-electron chi connectivity index (χ0n) is 11.4. The highest BCUT2D eigenvalue weighted by Crippen LogP contribution is 2.32. The van der Waals surface area contributed by atoms with Crippen LogP contribution in [0.15, 0.2) is 24.5 Å². The fourth-order valence-electron chi connectivity index (χ4n) is 2.62. The van der Waals surface area contributed by atoms with Crippen LogP contribution in [-0.2, 0) is 13.1 Å². The quantitative estimate of drug-likeness (QED) is 0.774. The normalized spacial score (nSPS) is 16.8. The molecule has 0 saturated carbocycles. The Kier molecular flexibility index (Phi) is 2.85. The van der Waals surface area contributed by atoms with Crippen LogP contribution in [0.25, 0.3) is 0 Å². The van der Waals surface area contributed by atoms with E-state index < -0.39 is 0 Å². The first-order chi connectivity index (χ1) is 10.3. The third-order valence-electron chi connectivity index (χ3n) is 3.78. The Morgan fingerprint density at radius 1 is 1.24 bits per heavy atom. The molecule has 0 amide bonds. The molecule has 0 saturated heterocycles. The van der Waals surface area contributed by atoms with E-state index in [0.717, 1.165) is 18.9 Å². The second-order valence-electron chi connectivity index (χ2n) is 5.14. The molecule has 108 valence electrons. The molecule has 4 rings (SSSR count). The van der Waals surface area contributed by atoms with Gasteiger partial charge in [-0.3, -0.25) is 9.69 Å². The minimum Gasteiger partial charge on any atom is -0.454 e. The second kappa shape index (κ2) is 4.85. The topological polar surface area (TPSA) is 69.5 Å². The summed E-state index contributed by atoms with van der Waals surface area (Å²) in [7, 11) is 0. The van der Waals surface area contributed by atoms with Gasteiger partial charge in [-0.25, -0.2) is 0 Å². The molecule has 0 atom stereocenters. The number of hydrogen-bond donors (Lipinski definition) is 0. The molecule has 0 bridgehead atoms. The van der Waals surface area contributed by atoms with Crippen molar-refractivity contribution in [1.29, 1.82) is 0 Å². The molecular formula is C14H14N4O3. The van der Waals surface area contributed by atoms with E-state index in [1.165, 1.54) is 0 Å². The lowest BCUT2D eigenvalue weighted by Crippen LogP contribution is -2.37. The maximum Gasteiger partial charge on any atom is 0.231 e. The number of benzene rings is 1. The molecule has 0 radical (unpaired) electrons. The molecule has 2 aromatic rings. The molecule has 0 spiro atoms. The zero-order valence-corrected chi connectivity index (χ0v) is 11.4. The molecule has 2 aliphatic rings. The molecular weight excluding hydrogens is 272 g/mol. The van der Waals surface area contributed by atoms with E-state index in [1.807, 2.05) is 4.57 Å². The van der Waals surface area contributed by atoms with Gasteiger partial charge in [-0.15, -0.1) is 10.2 Å². The summed E-state index contributed by atoms with van der Waals surface area (Å²) in [6, 6.07) is 5.31. The molecule has 0 unspecified atom stereocenters. The van der Waals surface area contributed by atoms with Gasteiger partial charge in [0.1, 0.15) is 12.2 Å². The fourth-order valence-corrected chi connectivity index (χ4v) is 2.62. The van der Waals surface area contributed by atoms with Crippen LogP contribution in [0.3, 0.4) is 0 Å². The molecule has 1 aromatic carbocycles. The van der Waals surface area contributed by atoms with Gasteiger partial charge in [0.2, 0.25) is 6.79 Å². The predicted octanol–water partition coefficient (Wildman–Crippen LogP) is 0.705. The second-order valence-corrected chi connectivity index (χ2v) is 5.14. The average molecular weight is 286 g/mol. The summed E-state index contributed by atoms with van der Waals surface area (Å²) in [5.74, 6) is 2.30. The van der Waals surface area contributed by atoms with Crippen LogP contribution in [-0.4, -0.2) is 45.3 Å². The molecule has 7 nitrogen and oxygen atoms in total. The van der Waals surface area contributed by atoms with Gasteiger partial charge in [0.05, 0.1) is 13.1 Å². The number of carbonyl (C=O) groups excluding carboxylic acids is 1. The van der Waals surface area contributed by atoms with Crippen LogP contribution in [0.1, 0.15) is 16.2 Å². The van der Waals surface area contributed by atoms with Gasteiger partial charge in [0.25, 0.3) is 0 Å². The van der Waals surface area contributed by atoms with E-state index in [-0.39, 0.29) is 12.6 Å². The molecule has 0 N–H and O–H groups in total. The predicted molar refractivity (Wildman–Crippen MR) is 72.2 cm³/mol. The van der Waals surface area contributed by atoms with Gasteiger partial charge in [0.15, 0.2) is 17.3 Å². The van der Waals surface area contributed by atoms with Crippen molar-refractivity contribution in [3.63, 3.8) is 0 Å². The standard InChI is InChI=1S/C14H14N4O3/c19-11(10-1-2-12-13(5-10)21-9-20-12)6-17-3-4-18-8-15-16-14(18)7-17/h1-2,5,8H,3-4,6-7,9H2. The van der Waals surface area contributed by atoms with E-state index in [1.54, 1.807) is 24.5 Å². The van der Waals surface area contributed by atoms with Crippen molar-refractivity contribution in [2.75, 3.05) is 19.9 Å². The summed E-state index contributed by atoms with van der Waals surface area (Å²) in [6.07, 6.45) is 1.73. The summed E-state index contributed by atoms with van der Waals surface area (Å²) in [5.41, 5.74) is 0.645. The maximum absolute atomic E-state index is 12.4. The highest BCUT2D eigenvalue weighted by molar-refractivity contribution is 5.98. The number of hydrogen-bond acceptors (Lipinski definition) is 6. The number of aromatic nitrogens is 3. The summed E-state index contributed by atoms with van der Waals surface area (Å²) >= 11 is 0. The van der Waals surface area contributed by atoms with Crippen molar-refractivity contribution in [2.24, 2.45) is 0 Å². The van der Waals surface area contributed by atoms with Crippen molar-refractivity contribution in [2.45, 2.75) is 13.1 Å². The van der Waals surface area contributed by atoms with Gasteiger partial charge in [-0.05, 0) is 18.2 Å². The number of ether oxygens (including phenoxy) is 2. The highest BCUT2D eigenvalue weighted by atomic mass is 16.7. The Hall–Kier alpha value is -2.41. The smallest absolute Gasteiger partial charge is 0.231 e. The number of carbonyl (C=O) groups is 1. The molecule has 0 aliphatic carbocycles. The van der Waals surface area contributed by atoms with E-state index in [2.05, 4.69) is 15.1 Å². The number of fused-ring (bicyclic) bond motifs is 2. The number of rotatable bonds is 3. The Labute approximate surface area is 121 Å². The summed E-state index contributed by atoms with van der Waals surface area (Å²) in [4.78, 5) is 14.5. The Morgan fingerprint density at radius 3 is 3.10 bits per heavy atom. The minimum atomic E-state index is 0.0706. The Morgan fingerprint density at radius 2 is 2.14 bits per heavy atom. The van der Waals surface area contributed by atoms with E-state index >= 15 is 0 Å². The van der Waals surface area contributed by atoms with Crippen molar-refractivity contribution < 1.29 is 14.3 Å². The van der Waals surface area contributed by atoms with Gasteiger partial charge in [0, 0.05) is 18.7 Å². The number of Topliss-reactive ketones (excluding diaryl/α,β-unsaturated/α-hetero) is 1. The lowest BCUT2D eigenvalue weighted by Gasteiger charge is -2.26. The molecule has 1 aromatic heterocycles. The molecule has 2 aliphatic heterocycles. The summed E-state index contributed by atoms with van der Waals surface area (Å²) in [6.45, 7) is 2.87. The number of ketones is 1. The monoisotopic (exact) mass is 286 g/mol. The van der Waals surface area contributed by atoms with Gasteiger partial charge < -0.3 is 14.0 Å². The van der Waals surface area contributed by atoms with E-state index in [9.17, 15) is 4.79 Å². The molecule has 3 heterocycles. The van der Waals surface area contributed by atoms with Crippen molar-refractivity contribution in [3.05, 3.63) is 35.9 Å². The summed E-state index contributed by atoms with van der Waals surface area (Å²) < 4.78 is 12.6. The van der Waals surface area contributed by atoms with Crippen LogP contribution >= 0.6 is 0 Å². The van der Waals surface area contributed by atoms with Gasteiger partial charge in [-0.2, -0.15) is 0 Å². The van der Waals surface area contributed by atoms with Gasteiger partial charge >= 0.3 is 0 Å². The summed E-state index contributed by atoms with van der Waals surface area (Å²) in [5, 5.41) is 7.94. The molecule has 0 fully saturated rings.